The monoisotopic (exact) mass is 226 g/mol. The molecule has 1 N–H and O–H groups in total. The number of hydrogen-bond acceptors (Lipinski definition) is 2. The Balaban J connectivity index is 2.67. The molecular formula is C13H26N2O. The summed E-state index contributed by atoms with van der Waals surface area (Å²) in [7, 11) is 1.96. The van der Waals surface area contributed by atoms with Gasteiger partial charge in [-0.15, -0.1) is 0 Å². The quantitative estimate of drug-likeness (QED) is 0.778. The third kappa shape index (κ3) is 2.57. The summed E-state index contributed by atoms with van der Waals surface area (Å²) in [5, 5.41) is 3.32. The van der Waals surface area contributed by atoms with Gasteiger partial charge in [-0.1, -0.05) is 20.3 Å². The first kappa shape index (κ1) is 13.5. The maximum atomic E-state index is 12.5. The molecule has 0 saturated carbocycles. The summed E-state index contributed by atoms with van der Waals surface area (Å²) >= 11 is 0. The molecule has 0 aromatic rings. The van der Waals surface area contributed by atoms with E-state index in [4.69, 9.17) is 0 Å². The van der Waals surface area contributed by atoms with E-state index in [1.807, 2.05) is 11.9 Å². The molecule has 1 amide bonds. The van der Waals surface area contributed by atoms with Crippen molar-refractivity contribution in [1.29, 1.82) is 0 Å². The number of nitrogens with zero attached hydrogens (tertiary/aromatic N) is 1. The van der Waals surface area contributed by atoms with E-state index in [0.717, 1.165) is 38.8 Å². The molecule has 0 radical (unpaired) electrons. The SMILES string of the molecule is CCCC(C)N(C)C(=O)C1(CC)CCNC1. The van der Waals surface area contributed by atoms with Crippen molar-refractivity contribution in [1.82, 2.24) is 10.2 Å². The fourth-order valence-electron chi connectivity index (χ4n) is 2.56. The molecule has 0 bridgehead atoms. The zero-order valence-electron chi connectivity index (χ0n) is 11.2. The first-order valence-electron chi connectivity index (χ1n) is 6.55. The Kier molecular flexibility index (Phi) is 4.78. The van der Waals surface area contributed by atoms with Crippen LogP contribution in [0.15, 0.2) is 0 Å². The lowest BCUT2D eigenvalue weighted by Gasteiger charge is -2.34. The van der Waals surface area contributed by atoms with Crippen LogP contribution in [-0.4, -0.2) is 37.0 Å². The van der Waals surface area contributed by atoms with Crippen molar-refractivity contribution in [2.24, 2.45) is 5.41 Å². The topological polar surface area (TPSA) is 32.3 Å². The average Bonchev–Trinajstić information content (AvgIpc) is 2.77. The predicted octanol–water partition coefficient (Wildman–Crippen LogP) is 2.02. The lowest BCUT2D eigenvalue weighted by atomic mass is 9.82. The molecule has 2 unspecified atom stereocenters. The van der Waals surface area contributed by atoms with Crippen molar-refractivity contribution < 1.29 is 4.79 Å². The minimum Gasteiger partial charge on any atom is -0.343 e. The molecule has 16 heavy (non-hydrogen) atoms. The number of rotatable bonds is 5. The molecule has 0 aliphatic carbocycles. The van der Waals surface area contributed by atoms with E-state index in [-0.39, 0.29) is 5.41 Å². The molecule has 94 valence electrons. The summed E-state index contributed by atoms with van der Waals surface area (Å²) in [6, 6.07) is 0.363. The molecule has 1 fully saturated rings. The number of carbonyl (C=O) groups excluding carboxylic acids is 1. The van der Waals surface area contributed by atoms with Crippen LogP contribution in [0.4, 0.5) is 0 Å². The van der Waals surface area contributed by atoms with E-state index < -0.39 is 0 Å². The van der Waals surface area contributed by atoms with Crippen molar-refractivity contribution in [3.63, 3.8) is 0 Å². The minimum atomic E-state index is -0.128. The second-order valence-corrected chi connectivity index (χ2v) is 5.11. The predicted molar refractivity (Wildman–Crippen MR) is 67.4 cm³/mol. The number of amides is 1. The fourth-order valence-corrected chi connectivity index (χ4v) is 2.56. The summed E-state index contributed by atoms with van der Waals surface area (Å²) in [5.74, 6) is 0.334. The first-order chi connectivity index (χ1) is 7.57. The summed E-state index contributed by atoms with van der Waals surface area (Å²) in [6.45, 7) is 8.28. The van der Waals surface area contributed by atoms with Crippen molar-refractivity contribution in [3.8, 4) is 0 Å². The third-order valence-corrected chi connectivity index (χ3v) is 4.06. The second kappa shape index (κ2) is 5.67. The van der Waals surface area contributed by atoms with Crippen LogP contribution in [0, 0.1) is 5.41 Å². The zero-order valence-corrected chi connectivity index (χ0v) is 11.2. The molecule has 0 aromatic carbocycles. The summed E-state index contributed by atoms with van der Waals surface area (Å²) in [4.78, 5) is 14.5. The lowest BCUT2D eigenvalue weighted by molar-refractivity contribution is -0.142. The van der Waals surface area contributed by atoms with E-state index in [9.17, 15) is 4.79 Å². The molecule has 1 aliphatic heterocycles. The summed E-state index contributed by atoms with van der Waals surface area (Å²) < 4.78 is 0. The Morgan fingerprint density at radius 1 is 1.50 bits per heavy atom. The van der Waals surface area contributed by atoms with Gasteiger partial charge < -0.3 is 10.2 Å². The molecule has 1 saturated heterocycles. The highest BCUT2D eigenvalue weighted by molar-refractivity contribution is 5.83. The van der Waals surface area contributed by atoms with Crippen LogP contribution in [-0.2, 0) is 4.79 Å². The van der Waals surface area contributed by atoms with Gasteiger partial charge in [0, 0.05) is 19.6 Å². The summed E-state index contributed by atoms with van der Waals surface area (Å²) in [6.07, 6.45) is 4.17. The van der Waals surface area contributed by atoms with Gasteiger partial charge in [0.15, 0.2) is 0 Å². The number of nitrogens with one attached hydrogen (secondary N) is 1. The van der Waals surface area contributed by atoms with Crippen molar-refractivity contribution in [2.75, 3.05) is 20.1 Å². The maximum Gasteiger partial charge on any atom is 0.230 e. The Morgan fingerprint density at radius 3 is 2.62 bits per heavy atom. The largest absolute Gasteiger partial charge is 0.343 e. The second-order valence-electron chi connectivity index (χ2n) is 5.11. The van der Waals surface area contributed by atoms with Gasteiger partial charge in [-0.3, -0.25) is 4.79 Å². The molecule has 3 nitrogen and oxygen atoms in total. The van der Waals surface area contributed by atoms with Gasteiger partial charge in [0.1, 0.15) is 0 Å². The van der Waals surface area contributed by atoms with Gasteiger partial charge in [-0.2, -0.15) is 0 Å². The van der Waals surface area contributed by atoms with E-state index in [0.29, 0.717) is 11.9 Å². The van der Waals surface area contributed by atoms with Crippen LogP contribution >= 0.6 is 0 Å². The molecular weight excluding hydrogens is 200 g/mol. The minimum absolute atomic E-state index is 0.128. The molecule has 3 heteroatoms. The van der Waals surface area contributed by atoms with Crippen LogP contribution in [0.2, 0.25) is 0 Å². The van der Waals surface area contributed by atoms with Crippen molar-refractivity contribution in [3.05, 3.63) is 0 Å². The molecule has 1 rings (SSSR count). The van der Waals surface area contributed by atoms with Crippen LogP contribution in [0.25, 0.3) is 0 Å². The molecule has 1 heterocycles. The highest BCUT2D eigenvalue weighted by atomic mass is 16.2. The fraction of sp³-hybridized carbons (Fsp3) is 0.923. The van der Waals surface area contributed by atoms with Gasteiger partial charge in [0.25, 0.3) is 0 Å². The average molecular weight is 226 g/mol. The zero-order chi connectivity index (χ0) is 12.2. The van der Waals surface area contributed by atoms with Gasteiger partial charge in [0.2, 0.25) is 5.91 Å². The van der Waals surface area contributed by atoms with Crippen LogP contribution in [0.5, 0.6) is 0 Å². The lowest BCUT2D eigenvalue weighted by Crippen LogP contribution is -2.46. The standard InChI is InChI=1S/C13H26N2O/c1-5-7-11(3)15(4)12(16)13(6-2)8-9-14-10-13/h11,14H,5-10H2,1-4H3. The highest BCUT2D eigenvalue weighted by Gasteiger charge is 2.41. The maximum absolute atomic E-state index is 12.5. The van der Waals surface area contributed by atoms with Crippen molar-refractivity contribution >= 4 is 5.91 Å². The van der Waals surface area contributed by atoms with E-state index in [1.54, 1.807) is 0 Å². The van der Waals surface area contributed by atoms with Crippen LogP contribution in [0.1, 0.15) is 46.5 Å². The number of carbonyl (C=O) groups is 1. The first-order valence-corrected chi connectivity index (χ1v) is 6.55. The van der Waals surface area contributed by atoms with Gasteiger partial charge in [0.05, 0.1) is 5.41 Å². The highest BCUT2D eigenvalue weighted by Crippen LogP contribution is 2.32. The van der Waals surface area contributed by atoms with Gasteiger partial charge in [-0.05, 0) is 32.7 Å². The summed E-state index contributed by atoms with van der Waals surface area (Å²) in [5.41, 5.74) is -0.128. The number of hydrogen-bond donors (Lipinski definition) is 1. The Morgan fingerprint density at radius 2 is 2.19 bits per heavy atom. The van der Waals surface area contributed by atoms with E-state index in [1.165, 1.54) is 0 Å². The normalized spacial score (nSPS) is 26.8. The van der Waals surface area contributed by atoms with Crippen LogP contribution in [0.3, 0.4) is 0 Å². The van der Waals surface area contributed by atoms with Crippen molar-refractivity contribution in [2.45, 2.75) is 52.5 Å². The molecule has 1 aliphatic rings. The van der Waals surface area contributed by atoms with Gasteiger partial charge in [-0.25, -0.2) is 0 Å². The molecule has 2 atom stereocenters. The molecule has 0 spiro atoms. The smallest absolute Gasteiger partial charge is 0.230 e. The van der Waals surface area contributed by atoms with E-state index >= 15 is 0 Å². The van der Waals surface area contributed by atoms with Gasteiger partial charge >= 0.3 is 0 Å². The Labute approximate surface area is 99.6 Å². The third-order valence-electron chi connectivity index (χ3n) is 4.06. The molecule has 0 aromatic heterocycles. The van der Waals surface area contributed by atoms with E-state index in [2.05, 4.69) is 26.1 Å². The van der Waals surface area contributed by atoms with Crippen LogP contribution < -0.4 is 5.32 Å². The Hall–Kier alpha value is -0.570. The Bertz CT molecular complexity index is 234.